The number of nitrogens with one attached hydrogen (secondary N) is 2. The Hall–Kier alpha value is -2.37. The number of hydrogen-bond acceptors (Lipinski definition) is 3. The molecule has 0 atom stereocenters. The van der Waals surface area contributed by atoms with Crippen LogP contribution >= 0.6 is 0 Å². The normalized spacial score (nSPS) is 11.5. The maximum absolute atomic E-state index is 11.9. The highest BCUT2D eigenvalue weighted by atomic mass is 16.4. The second-order valence-electron chi connectivity index (χ2n) is 5.04. The SMILES string of the molecule is CC(C)(CNC(=O)c1ccc2cn[nH]c2c1)C(=O)O. The summed E-state index contributed by atoms with van der Waals surface area (Å²) < 4.78 is 0. The summed E-state index contributed by atoms with van der Waals surface area (Å²) in [6.07, 6.45) is 1.67. The van der Waals surface area contributed by atoms with Gasteiger partial charge in [-0.25, -0.2) is 0 Å². The van der Waals surface area contributed by atoms with E-state index < -0.39 is 11.4 Å². The Kier molecular flexibility index (Phi) is 3.25. The van der Waals surface area contributed by atoms with Crippen LogP contribution in [0.25, 0.3) is 10.9 Å². The summed E-state index contributed by atoms with van der Waals surface area (Å²) in [5.41, 5.74) is 0.247. The van der Waals surface area contributed by atoms with Crippen molar-refractivity contribution < 1.29 is 14.7 Å². The van der Waals surface area contributed by atoms with Crippen LogP contribution in [0.15, 0.2) is 24.4 Å². The largest absolute Gasteiger partial charge is 0.481 e. The minimum Gasteiger partial charge on any atom is -0.481 e. The number of amides is 1. The third kappa shape index (κ3) is 2.73. The molecule has 19 heavy (non-hydrogen) atoms. The average Bonchev–Trinajstić information content (AvgIpc) is 2.82. The van der Waals surface area contributed by atoms with Crippen molar-refractivity contribution >= 4 is 22.8 Å². The van der Waals surface area contributed by atoms with E-state index in [0.717, 1.165) is 10.9 Å². The van der Waals surface area contributed by atoms with E-state index in [1.54, 1.807) is 38.2 Å². The molecule has 3 N–H and O–H groups in total. The highest BCUT2D eigenvalue weighted by Crippen LogP contribution is 2.15. The monoisotopic (exact) mass is 261 g/mol. The number of carbonyl (C=O) groups is 2. The molecule has 0 aliphatic rings. The van der Waals surface area contributed by atoms with E-state index >= 15 is 0 Å². The van der Waals surface area contributed by atoms with E-state index in [2.05, 4.69) is 15.5 Å². The molecule has 0 unspecified atom stereocenters. The van der Waals surface area contributed by atoms with Crippen LogP contribution in [-0.4, -0.2) is 33.7 Å². The molecule has 0 fully saturated rings. The van der Waals surface area contributed by atoms with Gasteiger partial charge in [0.05, 0.1) is 17.1 Å². The number of aromatic amines is 1. The summed E-state index contributed by atoms with van der Waals surface area (Å²) in [4.78, 5) is 22.9. The smallest absolute Gasteiger partial charge is 0.310 e. The van der Waals surface area contributed by atoms with E-state index in [9.17, 15) is 9.59 Å². The van der Waals surface area contributed by atoms with Gasteiger partial charge in [0.2, 0.25) is 0 Å². The number of rotatable bonds is 4. The molecule has 6 nitrogen and oxygen atoms in total. The van der Waals surface area contributed by atoms with Gasteiger partial charge in [0, 0.05) is 17.5 Å². The van der Waals surface area contributed by atoms with Gasteiger partial charge < -0.3 is 10.4 Å². The van der Waals surface area contributed by atoms with Gasteiger partial charge in [0.25, 0.3) is 5.91 Å². The highest BCUT2D eigenvalue weighted by Gasteiger charge is 2.27. The lowest BCUT2D eigenvalue weighted by Crippen LogP contribution is -2.38. The maximum Gasteiger partial charge on any atom is 0.310 e. The van der Waals surface area contributed by atoms with Crippen molar-refractivity contribution in [1.82, 2.24) is 15.5 Å². The molecule has 6 heteroatoms. The van der Waals surface area contributed by atoms with E-state index in [1.165, 1.54) is 0 Å². The Morgan fingerprint density at radius 1 is 1.42 bits per heavy atom. The maximum atomic E-state index is 11.9. The zero-order valence-electron chi connectivity index (χ0n) is 10.7. The summed E-state index contributed by atoms with van der Waals surface area (Å²) in [5.74, 6) is -1.25. The quantitative estimate of drug-likeness (QED) is 0.775. The summed E-state index contributed by atoms with van der Waals surface area (Å²) >= 11 is 0. The van der Waals surface area contributed by atoms with Gasteiger partial charge in [0.15, 0.2) is 0 Å². The van der Waals surface area contributed by atoms with Gasteiger partial charge in [-0.2, -0.15) is 5.10 Å². The molecule has 1 heterocycles. The van der Waals surface area contributed by atoms with Crippen LogP contribution in [0.1, 0.15) is 24.2 Å². The minimum atomic E-state index is -0.992. The van der Waals surface area contributed by atoms with Gasteiger partial charge in [-0.3, -0.25) is 14.7 Å². The van der Waals surface area contributed by atoms with Crippen molar-refractivity contribution in [1.29, 1.82) is 0 Å². The van der Waals surface area contributed by atoms with Gasteiger partial charge in [0.1, 0.15) is 0 Å². The number of carboxylic acid groups (broad SMARTS) is 1. The predicted octanol–water partition coefficient (Wildman–Crippen LogP) is 1.40. The van der Waals surface area contributed by atoms with Crippen LogP contribution in [0.5, 0.6) is 0 Å². The number of hydrogen-bond donors (Lipinski definition) is 3. The molecule has 2 rings (SSSR count). The first kappa shape index (κ1) is 13.1. The van der Waals surface area contributed by atoms with E-state index in [-0.39, 0.29) is 12.5 Å². The molecule has 0 aliphatic carbocycles. The van der Waals surface area contributed by atoms with Crippen molar-refractivity contribution in [2.24, 2.45) is 5.41 Å². The lowest BCUT2D eigenvalue weighted by molar-refractivity contribution is -0.146. The first-order valence-corrected chi connectivity index (χ1v) is 5.85. The number of aliphatic carboxylic acids is 1. The number of nitrogens with zero attached hydrogens (tertiary/aromatic N) is 1. The van der Waals surface area contributed by atoms with Gasteiger partial charge >= 0.3 is 5.97 Å². The molecular weight excluding hydrogens is 246 g/mol. The lowest BCUT2D eigenvalue weighted by Gasteiger charge is -2.19. The van der Waals surface area contributed by atoms with Crippen LogP contribution in [0.3, 0.4) is 0 Å². The molecule has 0 saturated heterocycles. The Bertz CT molecular complexity index is 631. The highest BCUT2D eigenvalue weighted by molar-refractivity contribution is 5.97. The molecule has 0 saturated carbocycles. The number of carbonyl (C=O) groups excluding carboxylic acids is 1. The minimum absolute atomic E-state index is 0.0716. The van der Waals surface area contributed by atoms with E-state index in [4.69, 9.17) is 5.11 Å². The first-order valence-electron chi connectivity index (χ1n) is 5.85. The zero-order chi connectivity index (χ0) is 14.0. The molecular formula is C13H15N3O3. The molecule has 0 aliphatic heterocycles. The zero-order valence-corrected chi connectivity index (χ0v) is 10.7. The van der Waals surface area contributed by atoms with Gasteiger partial charge in [-0.05, 0) is 26.0 Å². The second-order valence-corrected chi connectivity index (χ2v) is 5.04. The Morgan fingerprint density at radius 3 is 2.84 bits per heavy atom. The molecule has 2 aromatic rings. The van der Waals surface area contributed by atoms with Crippen molar-refractivity contribution in [3.8, 4) is 0 Å². The summed E-state index contributed by atoms with van der Waals surface area (Å²) in [6.45, 7) is 3.20. The number of aromatic nitrogens is 2. The summed E-state index contributed by atoms with van der Waals surface area (Å²) in [5, 5.41) is 19.2. The molecule has 0 spiro atoms. The Labute approximate surface area is 109 Å². The van der Waals surface area contributed by atoms with E-state index in [1.807, 2.05) is 0 Å². The van der Waals surface area contributed by atoms with Crippen molar-refractivity contribution in [2.75, 3.05) is 6.54 Å². The van der Waals surface area contributed by atoms with Crippen LogP contribution in [-0.2, 0) is 4.79 Å². The Morgan fingerprint density at radius 2 is 2.16 bits per heavy atom. The molecule has 0 bridgehead atoms. The third-order valence-electron chi connectivity index (χ3n) is 2.97. The van der Waals surface area contributed by atoms with Crippen molar-refractivity contribution in [3.05, 3.63) is 30.0 Å². The van der Waals surface area contributed by atoms with Crippen LogP contribution in [0.4, 0.5) is 0 Å². The molecule has 1 aromatic carbocycles. The lowest BCUT2D eigenvalue weighted by atomic mass is 9.94. The molecule has 100 valence electrons. The first-order chi connectivity index (χ1) is 8.90. The van der Waals surface area contributed by atoms with Gasteiger partial charge in [-0.15, -0.1) is 0 Å². The topological polar surface area (TPSA) is 95.1 Å². The molecule has 1 aromatic heterocycles. The second kappa shape index (κ2) is 4.72. The summed E-state index contributed by atoms with van der Waals surface area (Å²) in [6, 6.07) is 5.16. The number of benzene rings is 1. The number of fused-ring (bicyclic) bond motifs is 1. The van der Waals surface area contributed by atoms with Crippen LogP contribution in [0.2, 0.25) is 0 Å². The molecule has 0 radical (unpaired) electrons. The van der Waals surface area contributed by atoms with Crippen LogP contribution in [0, 0.1) is 5.41 Å². The fraction of sp³-hybridized carbons (Fsp3) is 0.308. The predicted molar refractivity (Wildman–Crippen MR) is 69.8 cm³/mol. The van der Waals surface area contributed by atoms with E-state index in [0.29, 0.717) is 5.56 Å². The fourth-order valence-corrected chi connectivity index (χ4v) is 1.56. The van der Waals surface area contributed by atoms with Crippen LogP contribution < -0.4 is 5.32 Å². The Balaban J connectivity index is 2.09. The average molecular weight is 261 g/mol. The number of H-pyrrole nitrogens is 1. The van der Waals surface area contributed by atoms with Crippen molar-refractivity contribution in [3.63, 3.8) is 0 Å². The third-order valence-corrected chi connectivity index (χ3v) is 2.97. The molecule has 1 amide bonds. The van der Waals surface area contributed by atoms with Crippen molar-refractivity contribution in [2.45, 2.75) is 13.8 Å². The van der Waals surface area contributed by atoms with Gasteiger partial charge in [-0.1, -0.05) is 6.07 Å². The standard InChI is InChI=1S/C13H15N3O3/c1-13(2,12(18)19)7-14-11(17)8-3-4-9-6-15-16-10(9)5-8/h3-6H,7H2,1-2H3,(H,14,17)(H,15,16)(H,18,19). The summed E-state index contributed by atoms with van der Waals surface area (Å²) in [7, 11) is 0. The fourth-order valence-electron chi connectivity index (χ4n) is 1.56. The number of carboxylic acids is 1.